The summed E-state index contributed by atoms with van der Waals surface area (Å²) in [6.07, 6.45) is 2.38. The number of hydrogen-bond acceptors (Lipinski definition) is 4. The van der Waals surface area contributed by atoms with E-state index in [1.807, 2.05) is 32.3 Å². The Kier molecular flexibility index (Phi) is 4.79. The van der Waals surface area contributed by atoms with Crippen LogP contribution in [0, 0.1) is 0 Å². The summed E-state index contributed by atoms with van der Waals surface area (Å²) >= 11 is 0. The number of carbonyl (C=O) groups is 2. The molecule has 0 spiro atoms. The third kappa shape index (κ3) is 3.26. The lowest BCUT2D eigenvalue weighted by molar-refractivity contribution is -0.107. The molecule has 1 aromatic carbocycles. The summed E-state index contributed by atoms with van der Waals surface area (Å²) in [5, 5.41) is 1.49. The summed E-state index contributed by atoms with van der Waals surface area (Å²) in [6, 6.07) is 5.75. The van der Waals surface area contributed by atoms with Crippen molar-refractivity contribution in [2.45, 2.75) is 12.8 Å². The molecule has 0 unspecified atom stereocenters. The Bertz CT molecular complexity index is 693. The van der Waals surface area contributed by atoms with Crippen LogP contribution in [0.3, 0.4) is 0 Å². The van der Waals surface area contributed by atoms with Crippen molar-refractivity contribution in [1.29, 1.82) is 0 Å². The van der Waals surface area contributed by atoms with Gasteiger partial charge in [-0.05, 0) is 45.1 Å². The number of H-pyrrole nitrogens is 1. The van der Waals surface area contributed by atoms with E-state index in [2.05, 4.69) is 9.88 Å². The quantitative estimate of drug-likeness (QED) is 0.301. The van der Waals surface area contributed by atoms with Crippen LogP contribution in [0.4, 0.5) is 5.82 Å². The predicted molar refractivity (Wildman–Crippen MR) is 86.4 cm³/mol. The van der Waals surface area contributed by atoms with E-state index >= 15 is 0 Å². The minimum atomic E-state index is -0.626. The topological polar surface area (TPSA) is 108 Å². The van der Waals surface area contributed by atoms with Crippen molar-refractivity contribution in [2.75, 3.05) is 25.6 Å². The molecule has 2 rings (SSSR count). The van der Waals surface area contributed by atoms with Crippen LogP contribution in [-0.4, -0.2) is 42.8 Å². The minimum absolute atomic E-state index is 0.211. The number of carbonyl (C=O) groups excluding carboxylic acids is 2. The van der Waals surface area contributed by atoms with Gasteiger partial charge in [0.2, 0.25) is 6.41 Å². The number of benzene rings is 1. The van der Waals surface area contributed by atoms with E-state index in [9.17, 15) is 9.59 Å². The van der Waals surface area contributed by atoms with Gasteiger partial charge in [0, 0.05) is 10.9 Å². The number of nitrogens with one attached hydrogen (secondary N) is 1. The van der Waals surface area contributed by atoms with Crippen LogP contribution in [0.25, 0.3) is 10.9 Å². The lowest BCUT2D eigenvalue weighted by atomic mass is 10.1. The maximum atomic E-state index is 11.6. The monoisotopic (exact) mass is 303 g/mol. The van der Waals surface area contributed by atoms with Gasteiger partial charge in [-0.25, -0.2) is 10.9 Å². The van der Waals surface area contributed by atoms with Crippen molar-refractivity contribution in [3.8, 4) is 0 Å². The van der Waals surface area contributed by atoms with Gasteiger partial charge in [0.25, 0.3) is 5.91 Å². The molecule has 0 aliphatic rings. The standard InChI is InChI=1S/C15H21N5O2/c1-19(2)7-3-4-10-5-6-11-12(8-10)18-15(20(17)9-21)13(11)14(16)22/h5-6,8-9,18H,3-4,7,17H2,1-2H3,(H2,16,22). The molecule has 0 saturated heterocycles. The smallest absolute Gasteiger partial charge is 0.253 e. The average molecular weight is 303 g/mol. The highest BCUT2D eigenvalue weighted by Gasteiger charge is 2.19. The molecule has 0 saturated carbocycles. The maximum absolute atomic E-state index is 11.6. The number of anilines is 1. The molecule has 1 heterocycles. The molecule has 0 atom stereocenters. The molecule has 5 N–H and O–H groups in total. The second-order valence-electron chi connectivity index (χ2n) is 5.51. The zero-order valence-electron chi connectivity index (χ0n) is 12.8. The molecule has 0 radical (unpaired) electrons. The minimum Gasteiger partial charge on any atom is -0.365 e. The first kappa shape index (κ1) is 16.0. The van der Waals surface area contributed by atoms with Crippen LogP contribution in [0.15, 0.2) is 18.2 Å². The SMILES string of the molecule is CN(C)CCCc1ccc2c(C(N)=O)c(N(N)C=O)[nH]c2c1. The third-order valence-electron chi connectivity index (χ3n) is 3.53. The molecule has 7 heteroatoms. The first-order valence-electron chi connectivity index (χ1n) is 7.02. The molecule has 118 valence electrons. The lowest BCUT2D eigenvalue weighted by Crippen LogP contribution is -2.31. The second-order valence-corrected chi connectivity index (χ2v) is 5.51. The van der Waals surface area contributed by atoms with E-state index in [0.717, 1.165) is 35.5 Å². The Balaban J connectivity index is 2.37. The molecule has 0 aliphatic heterocycles. The summed E-state index contributed by atoms with van der Waals surface area (Å²) in [5.74, 6) is 5.15. The summed E-state index contributed by atoms with van der Waals surface area (Å²) < 4.78 is 0. The van der Waals surface area contributed by atoms with Crippen LogP contribution in [0.5, 0.6) is 0 Å². The molecule has 0 aliphatic carbocycles. The molecule has 0 fully saturated rings. The van der Waals surface area contributed by atoms with Gasteiger partial charge in [-0.15, -0.1) is 0 Å². The van der Waals surface area contributed by atoms with Gasteiger partial charge in [0.05, 0.1) is 5.56 Å². The fraction of sp³-hybridized carbons (Fsp3) is 0.333. The zero-order chi connectivity index (χ0) is 16.3. The van der Waals surface area contributed by atoms with E-state index in [4.69, 9.17) is 11.6 Å². The number of nitrogens with two attached hydrogens (primary N) is 2. The number of aromatic amines is 1. The van der Waals surface area contributed by atoms with Crippen molar-refractivity contribution in [3.05, 3.63) is 29.3 Å². The van der Waals surface area contributed by atoms with Crippen LogP contribution >= 0.6 is 0 Å². The highest BCUT2D eigenvalue weighted by atomic mass is 16.1. The molecular formula is C15H21N5O2. The Morgan fingerprint density at radius 3 is 2.68 bits per heavy atom. The summed E-state index contributed by atoms with van der Waals surface area (Å²) in [7, 11) is 4.07. The number of nitrogens with zero attached hydrogens (tertiary/aromatic N) is 2. The van der Waals surface area contributed by atoms with E-state index in [1.54, 1.807) is 0 Å². The molecule has 2 aromatic rings. The van der Waals surface area contributed by atoms with Crippen LogP contribution in [-0.2, 0) is 11.2 Å². The Morgan fingerprint density at radius 2 is 2.09 bits per heavy atom. The number of fused-ring (bicyclic) bond motifs is 1. The predicted octanol–water partition coefficient (Wildman–Crippen LogP) is 0.598. The van der Waals surface area contributed by atoms with Crippen molar-refractivity contribution in [3.63, 3.8) is 0 Å². The molecular weight excluding hydrogens is 282 g/mol. The van der Waals surface area contributed by atoms with E-state index in [-0.39, 0.29) is 11.4 Å². The largest absolute Gasteiger partial charge is 0.365 e. The first-order valence-corrected chi connectivity index (χ1v) is 7.02. The normalized spacial score (nSPS) is 11.1. The van der Waals surface area contributed by atoms with Crippen molar-refractivity contribution in [1.82, 2.24) is 9.88 Å². The highest BCUT2D eigenvalue weighted by molar-refractivity contribution is 6.12. The van der Waals surface area contributed by atoms with E-state index < -0.39 is 5.91 Å². The van der Waals surface area contributed by atoms with Gasteiger partial charge >= 0.3 is 0 Å². The van der Waals surface area contributed by atoms with Crippen LogP contribution in [0.1, 0.15) is 22.3 Å². The molecule has 22 heavy (non-hydrogen) atoms. The maximum Gasteiger partial charge on any atom is 0.253 e. The van der Waals surface area contributed by atoms with E-state index in [1.165, 1.54) is 0 Å². The van der Waals surface area contributed by atoms with Crippen LogP contribution in [0.2, 0.25) is 0 Å². The number of aryl methyl sites for hydroxylation is 1. The molecule has 7 nitrogen and oxygen atoms in total. The number of hydrogen-bond donors (Lipinski definition) is 3. The summed E-state index contributed by atoms with van der Waals surface area (Å²) in [5.41, 5.74) is 7.52. The summed E-state index contributed by atoms with van der Waals surface area (Å²) in [6.45, 7) is 1.00. The molecule has 1 aromatic heterocycles. The Morgan fingerprint density at radius 1 is 1.36 bits per heavy atom. The number of amides is 2. The molecule has 0 bridgehead atoms. The lowest BCUT2D eigenvalue weighted by Gasteiger charge is -2.08. The van der Waals surface area contributed by atoms with E-state index in [0.29, 0.717) is 11.8 Å². The third-order valence-corrected chi connectivity index (χ3v) is 3.53. The Labute approximate surface area is 128 Å². The van der Waals surface area contributed by atoms with Crippen molar-refractivity contribution < 1.29 is 9.59 Å². The zero-order valence-corrected chi connectivity index (χ0v) is 12.8. The van der Waals surface area contributed by atoms with Crippen molar-refractivity contribution >= 4 is 29.0 Å². The molecule has 2 amide bonds. The fourth-order valence-electron chi connectivity index (χ4n) is 2.48. The van der Waals surface area contributed by atoms with Gasteiger partial charge in [0.1, 0.15) is 5.82 Å². The second kappa shape index (κ2) is 6.59. The van der Waals surface area contributed by atoms with Gasteiger partial charge in [-0.3, -0.25) is 9.59 Å². The number of aromatic nitrogens is 1. The number of hydrazine groups is 1. The highest BCUT2D eigenvalue weighted by Crippen LogP contribution is 2.28. The number of primary amides is 1. The number of rotatable bonds is 7. The van der Waals surface area contributed by atoms with Gasteiger partial charge in [-0.2, -0.15) is 0 Å². The van der Waals surface area contributed by atoms with Crippen molar-refractivity contribution in [2.24, 2.45) is 11.6 Å². The van der Waals surface area contributed by atoms with Crippen LogP contribution < -0.4 is 16.6 Å². The summed E-state index contributed by atoms with van der Waals surface area (Å²) in [4.78, 5) is 27.6. The average Bonchev–Trinajstić information content (AvgIpc) is 2.84. The van der Waals surface area contributed by atoms with Gasteiger partial charge in [-0.1, -0.05) is 12.1 Å². The Hall–Kier alpha value is -2.38. The first-order chi connectivity index (χ1) is 10.4. The van der Waals surface area contributed by atoms with Gasteiger partial charge in [0.15, 0.2) is 0 Å². The fourth-order valence-corrected chi connectivity index (χ4v) is 2.48. The van der Waals surface area contributed by atoms with Gasteiger partial charge < -0.3 is 15.6 Å².